The predicted octanol–water partition coefficient (Wildman–Crippen LogP) is 3.80. The van der Waals surface area contributed by atoms with Crippen LogP contribution in [-0.4, -0.2) is 16.3 Å². The van der Waals surface area contributed by atoms with Crippen LogP contribution in [0.5, 0.6) is 0 Å². The first kappa shape index (κ1) is 15.8. The molecule has 1 heterocycles. The van der Waals surface area contributed by atoms with Crippen LogP contribution < -0.4 is 5.32 Å². The van der Waals surface area contributed by atoms with Gasteiger partial charge in [-0.1, -0.05) is 52.0 Å². The third-order valence-electron chi connectivity index (χ3n) is 3.55. The first-order valence-corrected chi connectivity index (χ1v) is 7.86. The molecule has 0 amide bonds. The van der Waals surface area contributed by atoms with E-state index >= 15 is 0 Å². The molecule has 2 rings (SSSR count). The quantitative estimate of drug-likeness (QED) is 0.838. The molecule has 1 aromatic carbocycles. The fourth-order valence-corrected chi connectivity index (χ4v) is 2.27. The van der Waals surface area contributed by atoms with E-state index in [1.165, 1.54) is 11.1 Å². The summed E-state index contributed by atoms with van der Waals surface area (Å²) in [5.74, 6) is 1.26. The topological polar surface area (TPSA) is 29.9 Å². The zero-order valence-corrected chi connectivity index (χ0v) is 13.6. The maximum Gasteiger partial charge on any atom is 0.0762 e. The minimum Gasteiger partial charge on any atom is -0.311 e. The number of aromatic nitrogens is 2. The minimum absolute atomic E-state index is 0.586. The van der Waals surface area contributed by atoms with Gasteiger partial charge in [0.15, 0.2) is 0 Å². The van der Waals surface area contributed by atoms with Gasteiger partial charge in [0.2, 0.25) is 0 Å². The smallest absolute Gasteiger partial charge is 0.0762 e. The van der Waals surface area contributed by atoms with Crippen LogP contribution in [0.3, 0.4) is 0 Å². The van der Waals surface area contributed by atoms with Gasteiger partial charge in [-0.05, 0) is 35.6 Å². The molecule has 0 spiro atoms. The molecule has 2 aromatic rings. The molecule has 0 aliphatic carbocycles. The van der Waals surface area contributed by atoms with Gasteiger partial charge in [-0.15, -0.1) is 0 Å². The average molecular weight is 285 g/mol. The van der Waals surface area contributed by atoms with E-state index < -0.39 is 0 Å². The molecule has 0 atom stereocenters. The highest BCUT2D eigenvalue weighted by Gasteiger charge is 2.02. The first-order valence-electron chi connectivity index (χ1n) is 7.86. The summed E-state index contributed by atoms with van der Waals surface area (Å²) in [5.41, 5.74) is 3.79. The zero-order chi connectivity index (χ0) is 15.2. The SMILES string of the molecule is CC(C)CNCc1ccn(Cc2ccc(C(C)C)cc2)n1. The highest BCUT2D eigenvalue weighted by molar-refractivity contribution is 5.24. The molecule has 0 radical (unpaired) electrons. The summed E-state index contributed by atoms with van der Waals surface area (Å²) in [7, 11) is 0. The molecule has 3 nitrogen and oxygen atoms in total. The van der Waals surface area contributed by atoms with E-state index in [0.29, 0.717) is 11.8 Å². The van der Waals surface area contributed by atoms with E-state index in [1.54, 1.807) is 0 Å². The van der Waals surface area contributed by atoms with Gasteiger partial charge in [0, 0.05) is 12.7 Å². The van der Waals surface area contributed by atoms with Crippen LogP contribution in [0.2, 0.25) is 0 Å². The first-order chi connectivity index (χ1) is 10.0. The Hall–Kier alpha value is -1.61. The van der Waals surface area contributed by atoms with Crippen molar-refractivity contribution < 1.29 is 0 Å². The molecule has 1 aromatic heterocycles. The van der Waals surface area contributed by atoms with Crippen molar-refractivity contribution >= 4 is 0 Å². The monoisotopic (exact) mass is 285 g/mol. The van der Waals surface area contributed by atoms with Gasteiger partial charge in [-0.2, -0.15) is 5.10 Å². The Balaban J connectivity index is 1.89. The second-order valence-electron chi connectivity index (χ2n) is 6.43. The number of rotatable bonds is 7. The normalized spacial score (nSPS) is 11.5. The summed E-state index contributed by atoms with van der Waals surface area (Å²) in [6.07, 6.45) is 2.06. The summed E-state index contributed by atoms with van der Waals surface area (Å²) >= 11 is 0. The molecule has 114 valence electrons. The second kappa shape index (κ2) is 7.41. The van der Waals surface area contributed by atoms with Gasteiger partial charge < -0.3 is 5.32 Å². The molecule has 0 saturated heterocycles. The lowest BCUT2D eigenvalue weighted by Crippen LogP contribution is -2.19. The van der Waals surface area contributed by atoms with Crippen molar-refractivity contribution in [2.75, 3.05) is 6.54 Å². The highest BCUT2D eigenvalue weighted by atomic mass is 15.3. The van der Waals surface area contributed by atoms with Crippen molar-refractivity contribution in [2.45, 2.75) is 46.7 Å². The van der Waals surface area contributed by atoms with E-state index in [2.05, 4.69) is 74.6 Å². The Kier molecular flexibility index (Phi) is 5.57. The third kappa shape index (κ3) is 5.01. The van der Waals surface area contributed by atoms with E-state index in [-0.39, 0.29) is 0 Å². The second-order valence-corrected chi connectivity index (χ2v) is 6.43. The van der Waals surface area contributed by atoms with Crippen molar-refractivity contribution in [1.82, 2.24) is 15.1 Å². The van der Waals surface area contributed by atoms with Gasteiger partial charge in [-0.3, -0.25) is 4.68 Å². The van der Waals surface area contributed by atoms with E-state index in [1.807, 2.05) is 4.68 Å². The zero-order valence-electron chi connectivity index (χ0n) is 13.6. The Morgan fingerprint density at radius 3 is 2.38 bits per heavy atom. The Bertz CT molecular complexity index is 538. The Morgan fingerprint density at radius 2 is 1.76 bits per heavy atom. The standard InChI is InChI=1S/C18H27N3/c1-14(2)11-19-12-18-9-10-21(20-18)13-16-5-7-17(8-6-16)15(3)4/h5-10,14-15,19H,11-13H2,1-4H3. The van der Waals surface area contributed by atoms with Gasteiger partial charge in [0.05, 0.1) is 12.2 Å². The maximum atomic E-state index is 4.61. The lowest BCUT2D eigenvalue weighted by Gasteiger charge is -2.07. The van der Waals surface area contributed by atoms with Gasteiger partial charge in [0.25, 0.3) is 0 Å². The average Bonchev–Trinajstić information content (AvgIpc) is 2.86. The van der Waals surface area contributed by atoms with Crippen LogP contribution in [0.1, 0.15) is 50.4 Å². The van der Waals surface area contributed by atoms with E-state index in [4.69, 9.17) is 0 Å². The molecule has 1 N–H and O–H groups in total. The highest BCUT2D eigenvalue weighted by Crippen LogP contribution is 2.15. The summed E-state index contributed by atoms with van der Waals surface area (Å²) in [6, 6.07) is 10.9. The molecule has 0 fully saturated rings. The maximum absolute atomic E-state index is 4.61. The largest absolute Gasteiger partial charge is 0.311 e. The van der Waals surface area contributed by atoms with Crippen LogP contribution in [-0.2, 0) is 13.1 Å². The van der Waals surface area contributed by atoms with Gasteiger partial charge >= 0.3 is 0 Å². The fraction of sp³-hybridized carbons (Fsp3) is 0.500. The van der Waals surface area contributed by atoms with Crippen LogP contribution in [0.4, 0.5) is 0 Å². The van der Waals surface area contributed by atoms with Crippen LogP contribution in [0.15, 0.2) is 36.5 Å². The van der Waals surface area contributed by atoms with E-state index in [9.17, 15) is 0 Å². The number of hydrogen-bond donors (Lipinski definition) is 1. The van der Waals surface area contributed by atoms with Crippen molar-refractivity contribution in [2.24, 2.45) is 5.92 Å². The van der Waals surface area contributed by atoms with Crippen molar-refractivity contribution in [3.8, 4) is 0 Å². The molecule has 0 bridgehead atoms. The molecule has 3 heteroatoms. The molecular formula is C18H27N3. The van der Waals surface area contributed by atoms with E-state index in [0.717, 1.165) is 25.3 Å². The van der Waals surface area contributed by atoms with Crippen LogP contribution in [0.25, 0.3) is 0 Å². The van der Waals surface area contributed by atoms with Crippen molar-refractivity contribution in [1.29, 1.82) is 0 Å². The summed E-state index contributed by atoms with van der Waals surface area (Å²) in [5, 5.41) is 8.04. The number of benzene rings is 1. The van der Waals surface area contributed by atoms with Crippen molar-refractivity contribution in [3.63, 3.8) is 0 Å². The van der Waals surface area contributed by atoms with Crippen LogP contribution in [0, 0.1) is 5.92 Å². The Morgan fingerprint density at radius 1 is 1.05 bits per heavy atom. The molecule has 21 heavy (non-hydrogen) atoms. The summed E-state index contributed by atoms with van der Waals surface area (Å²) in [6.45, 7) is 11.6. The minimum atomic E-state index is 0.586. The molecule has 0 aliphatic heterocycles. The number of hydrogen-bond acceptors (Lipinski definition) is 2. The summed E-state index contributed by atoms with van der Waals surface area (Å²) < 4.78 is 2.01. The fourth-order valence-electron chi connectivity index (χ4n) is 2.27. The van der Waals surface area contributed by atoms with Gasteiger partial charge in [0.1, 0.15) is 0 Å². The number of nitrogens with one attached hydrogen (secondary N) is 1. The molecule has 0 aliphatic rings. The van der Waals surface area contributed by atoms with Crippen LogP contribution >= 0.6 is 0 Å². The molecular weight excluding hydrogens is 258 g/mol. The molecule has 0 unspecified atom stereocenters. The third-order valence-corrected chi connectivity index (χ3v) is 3.55. The molecule has 0 saturated carbocycles. The Labute approximate surface area is 128 Å². The number of nitrogens with zero attached hydrogens (tertiary/aromatic N) is 2. The summed E-state index contributed by atoms with van der Waals surface area (Å²) in [4.78, 5) is 0. The van der Waals surface area contributed by atoms with Gasteiger partial charge in [-0.25, -0.2) is 0 Å². The lowest BCUT2D eigenvalue weighted by molar-refractivity contribution is 0.543. The predicted molar refractivity (Wildman–Crippen MR) is 88.4 cm³/mol. The van der Waals surface area contributed by atoms with Crippen molar-refractivity contribution in [3.05, 3.63) is 53.3 Å². The lowest BCUT2D eigenvalue weighted by atomic mass is 10.0.